The zero-order valence-electron chi connectivity index (χ0n) is 16.2. The van der Waals surface area contributed by atoms with Gasteiger partial charge >= 0.3 is 0 Å². The number of fused-ring (bicyclic) bond motifs is 1. The molecule has 4 nitrogen and oxygen atoms in total. The summed E-state index contributed by atoms with van der Waals surface area (Å²) in [4.78, 5) is 16.0. The second kappa shape index (κ2) is 7.85. The number of aryl methyl sites for hydroxylation is 2. The first-order chi connectivity index (χ1) is 13.6. The van der Waals surface area contributed by atoms with Crippen LogP contribution in [0.3, 0.4) is 0 Å². The van der Waals surface area contributed by atoms with Crippen LogP contribution in [0.2, 0.25) is 0 Å². The van der Waals surface area contributed by atoms with Crippen LogP contribution in [0.4, 0.5) is 11.4 Å². The quantitative estimate of drug-likeness (QED) is 0.667. The average molecular weight is 371 g/mol. The highest BCUT2D eigenvalue weighted by molar-refractivity contribution is 5.77. The summed E-state index contributed by atoms with van der Waals surface area (Å²) in [6.45, 7) is 2.17. The lowest BCUT2D eigenvalue weighted by Crippen LogP contribution is -2.13. The molecule has 4 rings (SSSR count). The molecule has 2 aromatic carbocycles. The molecule has 0 atom stereocenters. The van der Waals surface area contributed by atoms with Crippen LogP contribution in [0, 0.1) is 0 Å². The number of aromatic nitrogens is 1. The maximum Gasteiger partial charge on any atom is 0.221 e. The number of carbonyl (C=O) groups is 1. The molecule has 0 saturated carbocycles. The van der Waals surface area contributed by atoms with Crippen LogP contribution >= 0.6 is 0 Å². The third-order valence-corrected chi connectivity index (χ3v) is 5.29. The van der Waals surface area contributed by atoms with Crippen molar-refractivity contribution in [2.45, 2.75) is 39.0 Å². The van der Waals surface area contributed by atoms with Crippen molar-refractivity contribution in [3.05, 3.63) is 77.0 Å². The molecule has 4 heteroatoms. The molecule has 1 heterocycles. The summed E-state index contributed by atoms with van der Waals surface area (Å²) in [6, 6.07) is 18.7. The summed E-state index contributed by atoms with van der Waals surface area (Å²) < 4.78 is 0. The molecule has 142 valence electrons. The largest absolute Gasteiger partial charge is 0.369 e. The molecule has 1 aliphatic rings. The van der Waals surface area contributed by atoms with Crippen LogP contribution in [0.25, 0.3) is 11.3 Å². The molecule has 0 aliphatic heterocycles. The fourth-order valence-corrected chi connectivity index (χ4v) is 3.82. The molecule has 0 saturated heterocycles. The predicted octanol–water partition coefficient (Wildman–Crippen LogP) is 4.57. The van der Waals surface area contributed by atoms with Crippen molar-refractivity contribution in [3.8, 4) is 11.3 Å². The van der Waals surface area contributed by atoms with Crippen LogP contribution in [0.1, 0.15) is 35.7 Å². The van der Waals surface area contributed by atoms with Crippen molar-refractivity contribution < 1.29 is 4.79 Å². The van der Waals surface area contributed by atoms with E-state index in [4.69, 9.17) is 10.7 Å². The highest BCUT2D eigenvalue weighted by Gasteiger charge is 2.19. The summed E-state index contributed by atoms with van der Waals surface area (Å²) in [7, 11) is 0. The van der Waals surface area contributed by atoms with Crippen molar-refractivity contribution in [2.24, 2.45) is 5.73 Å². The number of nitrogens with zero attached hydrogens (tertiary/aromatic N) is 1. The van der Waals surface area contributed by atoms with Crippen molar-refractivity contribution in [3.63, 3.8) is 0 Å². The summed E-state index contributed by atoms with van der Waals surface area (Å²) in [5.41, 5.74) is 14.3. The molecule has 28 heavy (non-hydrogen) atoms. The Morgan fingerprint density at radius 2 is 1.89 bits per heavy atom. The minimum Gasteiger partial charge on any atom is -0.369 e. The number of nitrogens with two attached hydrogens (primary N) is 1. The molecule has 1 aromatic heterocycles. The van der Waals surface area contributed by atoms with Crippen LogP contribution in [0.15, 0.2) is 54.6 Å². The highest BCUT2D eigenvalue weighted by atomic mass is 16.1. The van der Waals surface area contributed by atoms with Gasteiger partial charge in [0, 0.05) is 22.6 Å². The molecular formula is C24H25N3O. The fourth-order valence-electron chi connectivity index (χ4n) is 3.82. The van der Waals surface area contributed by atoms with Gasteiger partial charge in [0.1, 0.15) is 0 Å². The van der Waals surface area contributed by atoms with Crippen molar-refractivity contribution >= 4 is 17.3 Å². The number of hydrogen-bond acceptors (Lipinski definition) is 3. The van der Waals surface area contributed by atoms with Gasteiger partial charge in [0.15, 0.2) is 0 Å². The second-order valence-electron chi connectivity index (χ2n) is 7.35. The van der Waals surface area contributed by atoms with E-state index in [2.05, 4.69) is 42.6 Å². The summed E-state index contributed by atoms with van der Waals surface area (Å²) in [6.07, 6.45) is 4.51. The van der Waals surface area contributed by atoms with Gasteiger partial charge in [0.05, 0.1) is 12.1 Å². The lowest BCUT2D eigenvalue weighted by Gasteiger charge is -2.14. The van der Waals surface area contributed by atoms with Crippen LogP contribution in [-0.4, -0.2) is 10.9 Å². The Balaban J connectivity index is 1.66. The number of carbonyl (C=O) groups excluding carboxylic acids is 1. The van der Waals surface area contributed by atoms with Gasteiger partial charge in [-0.3, -0.25) is 9.78 Å². The molecule has 3 aromatic rings. The van der Waals surface area contributed by atoms with Crippen LogP contribution < -0.4 is 11.1 Å². The smallest absolute Gasteiger partial charge is 0.221 e. The monoisotopic (exact) mass is 371 g/mol. The maximum atomic E-state index is 11.1. The van der Waals surface area contributed by atoms with Gasteiger partial charge in [-0.05, 0) is 66.6 Å². The van der Waals surface area contributed by atoms with E-state index in [0.717, 1.165) is 53.9 Å². The van der Waals surface area contributed by atoms with E-state index < -0.39 is 0 Å². The summed E-state index contributed by atoms with van der Waals surface area (Å²) in [5, 5.41) is 3.57. The number of hydrogen-bond donors (Lipinski definition) is 2. The van der Waals surface area contributed by atoms with Crippen molar-refractivity contribution in [1.29, 1.82) is 0 Å². The fraction of sp³-hybridized carbons (Fsp3) is 0.250. The Labute approximate surface area is 165 Å². The SMILES string of the molecule is CCc1cccc(-c2cc(Nc3ccc(CC(N)=O)cc3)c3c(n2)CCC3)c1. The highest BCUT2D eigenvalue weighted by Crippen LogP contribution is 2.34. The summed E-state index contributed by atoms with van der Waals surface area (Å²) in [5.74, 6) is -0.313. The lowest BCUT2D eigenvalue weighted by molar-refractivity contribution is -0.117. The van der Waals surface area contributed by atoms with E-state index in [1.54, 1.807) is 0 Å². The van der Waals surface area contributed by atoms with Crippen LogP contribution in [-0.2, 0) is 30.5 Å². The average Bonchev–Trinajstić information content (AvgIpc) is 3.18. The standard InChI is InChI=1S/C24H25N3O/c1-2-16-5-3-6-18(13-16)22-15-23(20-7-4-8-21(20)27-22)26-19-11-9-17(10-12-19)14-24(25)28/h3,5-6,9-13,15H,2,4,7-8,14H2,1H3,(H2,25,28)(H,26,27). The van der Waals surface area contributed by atoms with Gasteiger partial charge in [-0.1, -0.05) is 37.3 Å². The van der Waals surface area contributed by atoms with E-state index in [0.29, 0.717) is 0 Å². The van der Waals surface area contributed by atoms with E-state index in [1.807, 2.05) is 24.3 Å². The Morgan fingerprint density at radius 1 is 1.07 bits per heavy atom. The Bertz CT molecular complexity index is 1010. The number of benzene rings is 2. The predicted molar refractivity (Wildman–Crippen MR) is 114 cm³/mol. The van der Waals surface area contributed by atoms with Gasteiger partial charge < -0.3 is 11.1 Å². The molecular weight excluding hydrogens is 346 g/mol. The van der Waals surface area contributed by atoms with Crippen molar-refractivity contribution in [1.82, 2.24) is 4.98 Å². The zero-order chi connectivity index (χ0) is 19.5. The molecule has 1 aliphatic carbocycles. The molecule has 1 amide bonds. The normalized spacial score (nSPS) is 12.6. The van der Waals surface area contributed by atoms with Gasteiger partial charge in [-0.15, -0.1) is 0 Å². The first-order valence-electron chi connectivity index (χ1n) is 9.88. The number of nitrogens with one attached hydrogen (secondary N) is 1. The van der Waals surface area contributed by atoms with Gasteiger partial charge in [0.2, 0.25) is 5.91 Å². The molecule has 0 fully saturated rings. The molecule has 0 radical (unpaired) electrons. The molecule has 0 spiro atoms. The molecule has 3 N–H and O–H groups in total. The first kappa shape index (κ1) is 18.2. The van der Waals surface area contributed by atoms with E-state index in [-0.39, 0.29) is 12.3 Å². The molecule has 0 bridgehead atoms. The number of amides is 1. The summed E-state index contributed by atoms with van der Waals surface area (Å²) >= 11 is 0. The van der Waals surface area contributed by atoms with Gasteiger partial charge in [-0.25, -0.2) is 0 Å². The first-order valence-corrected chi connectivity index (χ1v) is 9.88. The maximum absolute atomic E-state index is 11.1. The Kier molecular flexibility index (Phi) is 5.11. The van der Waals surface area contributed by atoms with Crippen molar-refractivity contribution in [2.75, 3.05) is 5.32 Å². The van der Waals surface area contributed by atoms with E-state index >= 15 is 0 Å². The topological polar surface area (TPSA) is 68.0 Å². The molecule has 0 unspecified atom stereocenters. The minimum atomic E-state index is -0.313. The zero-order valence-corrected chi connectivity index (χ0v) is 16.2. The Hall–Kier alpha value is -3.14. The van der Waals surface area contributed by atoms with E-state index in [9.17, 15) is 4.79 Å². The third-order valence-electron chi connectivity index (χ3n) is 5.29. The second-order valence-corrected chi connectivity index (χ2v) is 7.35. The van der Waals surface area contributed by atoms with Gasteiger partial charge in [0.25, 0.3) is 0 Å². The van der Waals surface area contributed by atoms with E-state index in [1.165, 1.54) is 16.8 Å². The minimum absolute atomic E-state index is 0.267. The lowest BCUT2D eigenvalue weighted by atomic mass is 10.0. The number of pyridine rings is 1. The third kappa shape index (κ3) is 3.91. The number of rotatable bonds is 6. The van der Waals surface area contributed by atoms with Crippen LogP contribution in [0.5, 0.6) is 0 Å². The number of anilines is 2. The number of primary amides is 1. The Morgan fingerprint density at radius 3 is 2.64 bits per heavy atom. The van der Waals surface area contributed by atoms with Gasteiger partial charge in [-0.2, -0.15) is 0 Å².